The molecule has 0 bridgehead atoms. The summed E-state index contributed by atoms with van der Waals surface area (Å²) in [6.45, 7) is 1.82. The lowest BCUT2D eigenvalue weighted by molar-refractivity contribution is -0.120. The minimum Gasteiger partial charge on any atom is -0.410 e. The van der Waals surface area contributed by atoms with Crippen LogP contribution in [0.2, 0.25) is 0 Å². The number of carbonyl (C=O) groups is 2. The second kappa shape index (κ2) is 9.16. The van der Waals surface area contributed by atoms with E-state index in [9.17, 15) is 14.0 Å². The summed E-state index contributed by atoms with van der Waals surface area (Å²) in [5.74, 6) is 0.491. The van der Waals surface area contributed by atoms with Crippen molar-refractivity contribution >= 4 is 12.0 Å². The fraction of sp³-hybridized carbons (Fsp3) is 0.333. The van der Waals surface area contributed by atoms with E-state index in [1.807, 2.05) is 18.2 Å². The number of carbonyl (C=O) groups excluding carboxylic acids is 2. The molecule has 0 saturated carbocycles. The molecular formula is C21H23FN2O3. The fourth-order valence-corrected chi connectivity index (χ4v) is 3.08. The van der Waals surface area contributed by atoms with E-state index in [0.29, 0.717) is 31.3 Å². The van der Waals surface area contributed by atoms with E-state index >= 15 is 0 Å². The van der Waals surface area contributed by atoms with Crippen molar-refractivity contribution in [1.29, 1.82) is 0 Å². The van der Waals surface area contributed by atoms with Crippen LogP contribution in [-0.2, 0) is 11.2 Å². The molecule has 1 fully saturated rings. The van der Waals surface area contributed by atoms with E-state index in [2.05, 4.69) is 5.32 Å². The lowest BCUT2D eigenvalue weighted by Crippen LogP contribution is -2.42. The summed E-state index contributed by atoms with van der Waals surface area (Å²) in [5, 5.41) is 2.93. The Bertz CT molecular complexity index is 757. The van der Waals surface area contributed by atoms with Crippen molar-refractivity contribution in [3.63, 3.8) is 0 Å². The van der Waals surface area contributed by atoms with Crippen LogP contribution in [0.25, 0.3) is 0 Å². The number of nitrogens with one attached hydrogen (secondary N) is 1. The van der Waals surface area contributed by atoms with Crippen molar-refractivity contribution in [1.82, 2.24) is 10.2 Å². The molecule has 0 spiro atoms. The van der Waals surface area contributed by atoms with Gasteiger partial charge in [-0.2, -0.15) is 0 Å². The van der Waals surface area contributed by atoms with E-state index < -0.39 is 0 Å². The number of para-hydroxylation sites is 1. The van der Waals surface area contributed by atoms with Gasteiger partial charge in [-0.3, -0.25) is 4.79 Å². The third-order valence-corrected chi connectivity index (χ3v) is 4.69. The van der Waals surface area contributed by atoms with E-state index in [-0.39, 0.29) is 24.2 Å². The predicted molar refractivity (Wildman–Crippen MR) is 99.9 cm³/mol. The van der Waals surface area contributed by atoms with Crippen LogP contribution in [-0.4, -0.2) is 36.5 Å². The van der Waals surface area contributed by atoms with Crippen LogP contribution in [0.3, 0.4) is 0 Å². The second-order valence-electron chi connectivity index (χ2n) is 6.72. The van der Waals surface area contributed by atoms with E-state index in [0.717, 1.165) is 18.4 Å². The van der Waals surface area contributed by atoms with Crippen molar-refractivity contribution in [2.45, 2.75) is 19.3 Å². The molecular weight excluding hydrogens is 347 g/mol. The highest BCUT2D eigenvalue weighted by Crippen LogP contribution is 2.18. The van der Waals surface area contributed by atoms with Gasteiger partial charge in [0.2, 0.25) is 5.91 Å². The predicted octanol–water partition coefficient (Wildman–Crippen LogP) is 3.40. The Hall–Kier alpha value is -2.89. The van der Waals surface area contributed by atoms with Gasteiger partial charge in [0.15, 0.2) is 0 Å². The summed E-state index contributed by atoms with van der Waals surface area (Å²) >= 11 is 0. The normalized spacial score (nSPS) is 14.6. The van der Waals surface area contributed by atoms with Gasteiger partial charge in [-0.25, -0.2) is 9.18 Å². The summed E-state index contributed by atoms with van der Waals surface area (Å²) in [4.78, 5) is 25.9. The summed E-state index contributed by atoms with van der Waals surface area (Å²) in [6, 6.07) is 15.0. The Balaban J connectivity index is 1.37. The van der Waals surface area contributed by atoms with Gasteiger partial charge in [0.25, 0.3) is 0 Å². The Morgan fingerprint density at radius 1 is 1.04 bits per heavy atom. The van der Waals surface area contributed by atoms with Crippen molar-refractivity contribution in [3.05, 3.63) is 66.0 Å². The molecule has 2 amide bonds. The van der Waals surface area contributed by atoms with Crippen molar-refractivity contribution in [2.75, 3.05) is 19.6 Å². The number of benzene rings is 2. The number of hydrogen-bond acceptors (Lipinski definition) is 3. The number of rotatable bonds is 5. The molecule has 1 heterocycles. The van der Waals surface area contributed by atoms with Crippen LogP contribution in [0.1, 0.15) is 18.4 Å². The van der Waals surface area contributed by atoms with Gasteiger partial charge in [0.05, 0.1) is 6.42 Å². The van der Waals surface area contributed by atoms with Crippen LogP contribution >= 0.6 is 0 Å². The van der Waals surface area contributed by atoms with E-state index in [4.69, 9.17) is 4.74 Å². The number of hydrogen-bond donors (Lipinski definition) is 1. The van der Waals surface area contributed by atoms with Crippen LogP contribution in [0.4, 0.5) is 9.18 Å². The monoisotopic (exact) mass is 370 g/mol. The second-order valence-corrected chi connectivity index (χ2v) is 6.72. The zero-order chi connectivity index (χ0) is 19.1. The molecule has 1 saturated heterocycles. The maximum atomic E-state index is 12.9. The highest BCUT2D eigenvalue weighted by molar-refractivity contribution is 5.78. The minimum atomic E-state index is -0.333. The molecule has 0 radical (unpaired) electrons. The summed E-state index contributed by atoms with van der Waals surface area (Å²) in [6.07, 6.45) is 1.55. The molecule has 142 valence electrons. The van der Waals surface area contributed by atoms with Gasteiger partial charge in [-0.05, 0) is 48.6 Å². The number of halogens is 1. The van der Waals surface area contributed by atoms with Gasteiger partial charge in [-0.15, -0.1) is 0 Å². The van der Waals surface area contributed by atoms with Crippen LogP contribution in [0, 0.1) is 11.7 Å². The van der Waals surface area contributed by atoms with Gasteiger partial charge in [-0.1, -0.05) is 30.3 Å². The average Bonchev–Trinajstić information content (AvgIpc) is 2.69. The molecule has 2 aromatic carbocycles. The van der Waals surface area contributed by atoms with Crippen LogP contribution in [0.5, 0.6) is 5.75 Å². The van der Waals surface area contributed by atoms with Gasteiger partial charge in [0.1, 0.15) is 11.6 Å². The van der Waals surface area contributed by atoms with E-state index in [1.54, 1.807) is 29.2 Å². The third-order valence-electron chi connectivity index (χ3n) is 4.69. The first kappa shape index (κ1) is 18.9. The first-order chi connectivity index (χ1) is 13.1. The summed E-state index contributed by atoms with van der Waals surface area (Å²) < 4.78 is 18.2. The van der Waals surface area contributed by atoms with Gasteiger partial charge >= 0.3 is 6.09 Å². The molecule has 6 heteroatoms. The van der Waals surface area contributed by atoms with Gasteiger partial charge < -0.3 is 15.0 Å². The summed E-state index contributed by atoms with van der Waals surface area (Å²) in [5.41, 5.74) is 0.785. The van der Waals surface area contributed by atoms with E-state index in [1.165, 1.54) is 12.1 Å². The first-order valence-corrected chi connectivity index (χ1v) is 9.13. The molecule has 1 N–H and O–H groups in total. The Kier molecular flexibility index (Phi) is 6.41. The van der Waals surface area contributed by atoms with Gasteiger partial charge in [0, 0.05) is 19.6 Å². The largest absolute Gasteiger partial charge is 0.415 e. The highest BCUT2D eigenvalue weighted by atomic mass is 19.1. The van der Waals surface area contributed by atoms with Crippen molar-refractivity contribution in [3.8, 4) is 5.75 Å². The Morgan fingerprint density at radius 3 is 2.37 bits per heavy atom. The molecule has 1 aliphatic rings. The van der Waals surface area contributed by atoms with Crippen molar-refractivity contribution < 1.29 is 18.7 Å². The SMILES string of the molecule is O=C(Cc1ccc(F)cc1)NCC1CCN(C(=O)Oc2ccccc2)CC1. The highest BCUT2D eigenvalue weighted by Gasteiger charge is 2.24. The third kappa shape index (κ3) is 5.81. The molecule has 0 aromatic heterocycles. The molecule has 0 aliphatic carbocycles. The smallest absolute Gasteiger partial charge is 0.410 e. The molecule has 0 unspecified atom stereocenters. The fourth-order valence-electron chi connectivity index (χ4n) is 3.08. The van der Waals surface area contributed by atoms with Crippen LogP contribution < -0.4 is 10.1 Å². The number of piperidine rings is 1. The number of amides is 2. The lowest BCUT2D eigenvalue weighted by Gasteiger charge is -2.31. The average molecular weight is 370 g/mol. The minimum absolute atomic E-state index is 0.0764. The quantitative estimate of drug-likeness (QED) is 0.878. The maximum Gasteiger partial charge on any atom is 0.415 e. The zero-order valence-electron chi connectivity index (χ0n) is 15.1. The summed E-state index contributed by atoms with van der Waals surface area (Å²) in [7, 11) is 0. The number of likely N-dealkylation sites (tertiary alicyclic amines) is 1. The molecule has 2 aromatic rings. The number of nitrogens with zero attached hydrogens (tertiary/aromatic N) is 1. The van der Waals surface area contributed by atoms with Crippen LogP contribution in [0.15, 0.2) is 54.6 Å². The lowest BCUT2D eigenvalue weighted by atomic mass is 9.97. The first-order valence-electron chi connectivity index (χ1n) is 9.13. The zero-order valence-corrected chi connectivity index (χ0v) is 15.1. The van der Waals surface area contributed by atoms with Crippen molar-refractivity contribution in [2.24, 2.45) is 5.92 Å². The molecule has 3 rings (SSSR count). The number of ether oxygens (including phenoxy) is 1. The Labute approximate surface area is 158 Å². The maximum absolute atomic E-state index is 12.9. The topological polar surface area (TPSA) is 58.6 Å². The molecule has 5 nitrogen and oxygen atoms in total. The standard InChI is InChI=1S/C21H23FN2O3/c22-18-8-6-16(7-9-18)14-20(25)23-15-17-10-12-24(13-11-17)21(26)27-19-4-2-1-3-5-19/h1-9,17H,10-15H2,(H,23,25). The molecule has 27 heavy (non-hydrogen) atoms. The molecule has 0 atom stereocenters. The Morgan fingerprint density at radius 2 is 1.70 bits per heavy atom. The molecule has 1 aliphatic heterocycles.